The van der Waals surface area contributed by atoms with Gasteiger partial charge in [0.25, 0.3) is 5.91 Å². The molecule has 0 saturated carbocycles. The van der Waals surface area contributed by atoms with E-state index in [4.69, 9.17) is 4.98 Å². The smallest absolute Gasteiger partial charge is 0.255 e. The Morgan fingerprint density at radius 3 is 2.54 bits per heavy atom. The van der Waals surface area contributed by atoms with E-state index >= 15 is 0 Å². The van der Waals surface area contributed by atoms with Gasteiger partial charge >= 0.3 is 0 Å². The average molecular weight is 388 g/mol. The van der Waals surface area contributed by atoms with Crippen LogP contribution in [0.4, 0.5) is 10.1 Å². The Labute approximate surface area is 166 Å². The zero-order chi connectivity index (χ0) is 19.5. The molecule has 28 heavy (non-hydrogen) atoms. The van der Waals surface area contributed by atoms with Gasteiger partial charge in [0.1, 0.15) is 10.8 Å². The van der Waals surface area contributed by atoms with Gasteiger partial charge in [0, 0.05) is 27.8 Å². The Bertz CT molecular complexity index is 1140. The number of carbonyl (C=O) groups excluding carboxylic acids is 1. The van der Waals surface area contributed by atoms with Gasteiger partial charge in [0.15, 0.2) is 0 Å². The lowest BCUT2D eigenvalue weighted by atomic mass is 10.1. The number of carbonyl (C=O) groups is 1. The molecule has 0 saturated heterocycles. The maximum absolute atomic E-state index is 13.7. The predicted molar refractivity (Wildman–Crippen MR) is 112 cm³/mol. The highest BCUT2D eigenvalue weighted by Crippen LogP contribution is 2.30. The molecular weight excluding hydrogens is 371 g/mol. The third-order valence-electron chi connectivity index (χ3n) is 4.38. The van der Waals surface area contributed by atoms with Gasteiger partial charge in [0.2, 0.25) is 0 Å². The van der Waals surface area contributed by atoms with Crippen LogP contribution in [0.2, 0.25) is 0 Å². The third kappa shape index (κ3) is 3.85. The van der Waals surface area contributed by atoms with E-state index < -0.39 is 5.82 Å². The van der Waals surface area contributed by atoms with E-state index in [1.165, 1.54) is 6.07 Å². The first-order valence-corrected chi connectivity index (χ1v) is 9.67. The van der Waals surface area contributed by atoms with Crippen molar-refractivity contribution in [1.29, 1.82) is 0 Å². The largest absolute Gasteiger partial charge is 0.322 e. The number of rotatable bonds is 4. The zero-order valence-corrected chi connectivity index (χ0v) is 16.0. The van der Waals surface area contributed by atoms with Crippen LogP contribution in [0.3, 0.4) is 0 Å². The maximum Gasteiger partial charge on any atom is 0.255 e. The van der Waals surface area contributed by atoms with Crippen LogP contribution in [0.15, 0.2) is 78.2 Å². The zero-order valence-electron chi connectivity index (χ0n) is 15.1. The summed E-state index contributed by atoms with van der Waals surface area (Å²) in [6, 6.07) is 22.0. The van der Waals surface area contributed by atoms with Crippen LogP contribution in [0.5, 0.6) is 0 Å². The first kappa shape index (κ1) is 18.1. The first-order valence-electron chi connectivity index (χ1n) is 8.79. The molecule has 0 aliphatic heterocycles. The second-order valence-electron chi connectivity index (χ2n) is 6.40. The Morgan fingerprint density at radius 2 is 1.75 bits per heavy atom. The van der Waals surface area contributed by atoms with Gasteiger partial charge in [-0.05, 0) is 36.8 Å². The lowest BCUT2D eigenvalue weighted by Crippen LogP contribution is -2.12. The lowest BCUT2D eigenvalue weighted by Gasteiger charge is -2.07. The highest BCUT2D eigenvalue weighted by Gasteiger charge is 2.11. The summed E-state index contributed by atoms with van der Waals surface area (Å²) in [6.45, 7) is 1.66. The minimum Gasteiger partial charge on any atom is -0.322 e. The number of nitrogens with one attached hydrogen (secondary N) is 1. The number of benzene rings is 3. The van der Waals surface area contributed by atoms with Crippen molar-refractivity contribution >= 4 is 22.9 Å². The van der Waals surface area contributed by atoms with Crippen molar-refractivity contribution in [3.05, 3.63) is 95.1 Å². The maximum atomic E-state index is 13.7. The van der Waals surface area contributed by atoms with Gasteiger partial charge in [-0.25, -0.2) is 9.37 Å². The second kappa shape index (κ2) is 7.74. The van der Waals surface area contributed by atoms with Crippen molar-refractivity contribution < 1.29 is 9.18 Å². The molecule has 0 radical (unpaired) electrons. The topological polar surface area (TPSA) is 42.0 Å². The molecule has 5 heteroatoms. The molecule has 138 valence electrons. The van der Waals surface area contributed by atoms with Crippen LogP contribution in [0.25, 0.3) is 21.8 Å². The van der Waals surface area contributed by atoms with E-state index in [0.29, 0.717) is 11.3 Å². The van der Waals surface area contributed by atoms with Crippen molar-refractivity contribution in [2.45, 2.75) is 6.92 Å². The molecule has 1 amide bonds. The Hall–Kier alpha value is -3.31. The molecule has 0 aliphatic carbocycles. The van der Waals surface area contributed by atoms with E-state index in [0.717, 1.165) is 21.8 Å². The summed E-state index contributed by atoms with van der Waals surface area (Å²) in [4.78, 5) is 17.1. The van der Waals surface area contributed by atoms with Crippen molar-refractivity contribution in [3.63, 3.8) is 0 Å². The number of anilines is 1. The van der Waals surface area contributed by atoms with Crippen LogP contribution in [0, 0.1) is 12.7 Å². The number of aromatic nitrogens is 1. The van der Waals surface area contributed by atoms with E-state index in [1.54, 1.807) is 36.5 Å². The summed E-state index contributed by atoms with van der Waals surface area (Å²) in [5, 5.41) is 5.77. The molecule has 0 aliphatic rings. The summed E-state index contributed by atoms with van der Waals surface area (Å²) in [5.74, 6) is -0.739. The molecule has 0 bridgehead atoms. The van der Waals surface area contributed by atoms with Crippen molar-refractivity contribution in [1.82, 2.24) is 4.98 Å². The van der Waals surface area contributed by atoms with Crippen molar-refractivity contribution in [3.8, 4) is 21.8 Å². The molecule has 4 aromatic rings. The summed E-state index contributed by atoms with van der Waals surface area (Å²) in [7, 11) is 0. The fraction of sp³-hybridized carbons (Fsp3) is 0.0435. The number of hydrogen-bond donors (Lipinski definition) is 1. The summed E-state index contributed by atoms with van der Waals surface area (Å²) in [5.41, 5.74) is 4.26. The van der Waals surface area contributed by atoms with Crippen LogP contribution in [-0.4, -0.2) is 10.9 Å². The molecule has 3 nitrogen and oxygen atoms in total. The minimum atomic E-state index is -0.391. The molecule has 1 N–H and O–H groups in total. The van der Waals surface area contributed by atoms with Crippen LogP contribution >= 0.6 is 11.3 Å². The Kier molecular flexibility index (Phi) is 5.00. The van der Waals surface area contributed by atoms with Gasteiger partial charge in [0.05, 0.1) is 5.69 Å². The number of nitrogens with zero attached hydrogens (tertiary/aromatic N) is 1. The average Bonchev–Trinajstić information content (AvgIpc) is 3.21. The predicted octanol–water partition coefficient (Wildman–Crippen LogP) is 6.18. The molecule has 3 aromatic carbocycles. The lowest BCUT2D eigenvalue weighted by molar-refractivity contribution is 0.102. The Balaban J connectivity index is 1.56. The standard InChI is InChI=1S/C23H17FN2OS/c1-15-10-11-18(13-20(15)24)22(27)25-19-9-5-8-17(12-19)21-14-28-23(26-21)16-6-3-2-4-7-16/h2-14H,1H3,(H,25,27). The van der Waals surface area contributed by atoms with E-state index in [1.807, 2.05) is 53.9 Å². The minimum absolute atomic E-state index is 0.286. The molecule has 1 heterocycles. The molecular formula is C23H17FN2OS. The number of hydrogen-bond acceptors (Lipinski definition) is 3. The highest BCUT2D eigenvalue weighted by molar-refractivity contribution is 7.13. The van der Waals surface area contributed by atoms with Gasteiger partial charge in [-0.2, -0.15) is 0 Å². The van der Waals surface area contributed by atoms with Crippen molar-refractivity contribution in [2.24, 2.45) is 0 Å². The number of thiazole rings is 1. The molecule has 0 unspecified atom stereocenters. The van der Waals surface area contributed by atoms with Gasteiger partial charge in [-0.3, -0.25) is 4.79 Å². The summed E-state index contributed by atoms with van der Waals surface area (Å²) >= 11 is 1.58. The molecule has 1 aromatic heterocycles. The van der Waals surface area contributed by atoms with E-state index in [-0.39, 0.29) is 11.5 Å². The van der Waals surface area contributed by atoms with Crippen LogP contribution < -0.4 is 5.32 Å². The van der Waals surface area contributed by atoms with Gasteiger partial charge < -0.3 is 5.32 Å². The monoisotopic (exact) mass is 388 g/mol. The fourth-order valence-corrected chi connectivity index (χ4v) is 3.65. The van der Waals surface area contributed by atoms with Crippen LogP contribution in [-0.2, 0) is 0 Å². The number of amides is 1. The third-order valence-corrected chi connectivity index (χ3v) is 5.27. The summed E-state index contributed by atoms with van der Waals surface area (Å²) in [6.07, 6.45) is 0. The van der Waals surface area contributed by atoms with Gasteiger partial charge in [-0.1, -0.05) is 48.5 Å². The molecule has 0 spiro atoms. The normalized spacial score (nSPS) is 10.6. The molecule has 0 fully saturated rings. The first-order chi connectivity index (χ1) is 13.6. The van der Waals surface area contributed by atoms with E-state index in [2.05, 4.69) is 5.32 Å². The van der Waals surface area contributed by atoms with Gasteiger partial charge in [-0.15, -0.1) is 11.3 Å². The SMILES string of the molecule is Cc1ccc(C(=O)Nc2cccc(-c3csc(-c4ccccc4)n3)c2)cc1F. The van der Waals surface area contributed by atoms with Crippen molar-refractivity contribution in [2.75, 3.05) is 5.32 Å². The summed E-state index contributed by atoms with van der Waals surface area (Å²) < 4.78 is 13.7. The number of halogens is 1. The second-order valence-corrected chi connectivity index (χ2v) is 7.26. The number of aryl methyl sites for hydroxylation is 1. The quantitative estimate of drug-likeness (QED) is 0.454. The highest BCUT2D eigenvalue weighted by atomic mass is 32.1. The van der Waals surface area contributed by atoms with Crippen LogP contribution in [0.1, 0.15) is 15.9 Å². The molecule has 0 atom stereocenters. The Morgan fingerprint density at radius 1 is 0.964 bits per heavy atom. The fourth-order valence-electron chi connectivity index (χ4n) is 2.81. The molecule has 4 rings (SSSR count). The van der Waals surface area contributed by atoms with E-state index in [9.17, 15) is 9.18 Å².